The molecule has 1 aliphatic heterocycles. The van der Waals surface area contributed by atoms with E-state index in [9.17, 15) is 9.18 Å². The van der Waals surface area contributed by atoms with Crippen LogP contribution in [0.1, 0.15) is 30.0 Å². The van der Waals surface area contributed by atoms with Gasteiger partial charge in [-0.25, -0.2) is 4.39 Å². The molecule has 6 nitrogen and oxygen atoms in total. The molecule has 0 aliphatic carbocycles. The van der Waals surface area contributed by atoms with Crippen LogP contribution in [0.3, 0.4) is 0 Å². The van der Waals surface area contributed by atoms with E-state index >= 15 is 0 Å². The highest BCUT2D eigenvalue weighted by molar-refractivity contribution is 5.91. The van der Waals surface area contributed by atoms with Crippen molar-refractivity contribution in [1.82, 2.24) is 9.88 Å². The predicted molar refractivity (Wildman–Crippen MR) is 127 cm³/mol. The van der Waals surface area contributed by atoms with Gasteiger partial charge in [-0.1, -0.05) is 12.6 Å². The van der Waals surface area contributed by atoms with E-state index in [1.807, 2.05) is 18.2 Å². The number of carbonyl (C=O) groups is 1. The van der Waals surface area contributed by atoms with Gasteiger partial charge in [0.1, 0.15) is 17.3 Å². The Balaban J connectivity index is 1.58. The van der Waals surface area contributed by atoms with Crippen molar-refractivity contribution >= 4 is 17.8 Å². The molecule has 1 saturated heterocycles. The zero-order chi connectivity index (χ0) is 23.4. The SMILES string of the molecule is C=CC(=O)N1CCC(c2cc(C=N)c(N)c(-c3ccc(Oc4cccc(F)c4)cc3)n2)CC1. The fourth-order valence-electron chi connectivity index (χ4n) is 4.02. The molecule has 3 N–H and O–H groups in total. The molecule has 2 aromatic carbocycles. The number of nitrogens with one attached hydrogen (secondary N) is 1. The van der Waals surface area contributed by atoms with Crippen LogP contribution < -0.4 is 10.5 Å². The summed E-state index contributed by atoms with van der Waals surface area (Å²) < 4.78 is 19.1. The second kappa shape index (κ2) is 9.65. The fraction of sp³-hybridized carbons (Fsp3) is 0.192. The van der Waals surface area contributed by atoms with E-state index in [0.29, 0.717) is 41.5 Å². The Bertz CT molecular complexity index is 1190. The summed E-state index contributed by atoms with van der Waals surface area (Å²) in [5.41, 5.74) is 9.64. The van der Waals surface area contributed by atoms with Crippen LogP contribution in [0.4, 0.5) is 10.1 Å². The van der Waals surface area contributed by atoms with Gasteiger partial charge in [-0.3, -0.25) is 9.78 Å². The summed E-state index contributed by atoms with van der Waals surface area (Å²) in [5.74, 6) is 0.727. The van der Waals surface area contributed by atoms with Crippen LogP contribution in [-0.4, -0.2) is 35.1 Å². The smallest absolute Gasteiger partial charge is 0.245 e. The zero-order valence-corrected chi connectivity index (χ0v) is 18.1. The number of pyridine rings is 1. The van der Waals surface area contributed by atoms with E-state index in [-0.39, 0.29) is 17.6 Å². The fourth-order valence-corrected chi connectivity index (χ4v) is 4.02. The maximum Gasteiger partial charge on any atom is 0.245 e. The van der Waals surface area contributed by atoms with Crippen molar-refractivity contribution in [2.45, 2.75) is 18.8 Å². The number of carbonyl (C=O) groups excluding carboxylic acids is 1. The molecule has 0 bridgehead atoms. The number of nitrogens with two attached hydrogens (primary N) is 1. The third-order valence-corrected chi connectivity index (χ3v) is 5.82. The number of piperidine rings is 1. The van der Waals surface area contributed by atoms with Gasteiger partial charge in [-0.15, -0.1) is 0 Å². The quantitative estimate of drug-likeness (QED) is 0.406. The number of likely N-dealkylation sites (tertiary alicyclic amines) is 1. The normalized spacial score (nSPS) is 14.0. The minimum atomic E-state index is -0.364. The summed E-state index contributed by atoms with van der Waals surface area (Å²) >= 11 is 0. The lowest BCUT2D eigenvalue weighted by Gasteiger charge is -2.31. The van der Waals surface area contributed by atoms with Crippen molar-refractivity contribution < 1.29 is 13.9 Å². The first-order valence-electron chi connectivity index (χ1n) is 10.7. The Morgan fingerprint density at radius 1 is 1.15 bits per heavy atom. The highest BCUT2D eigenvalue weighted by atomic mass is 19.1. The molecule has 7 heteroatoms. The number of anilines is 1. The van der Waals surface area contributed by atoms with Crippen molar-refractivity contribution in [1.29, 1.82) is 5.41 Å². The molecule has 1 aliphatic rings. The van der Waals surface area contributed by atoms with E-state index in [0.717, 1.165) is 24.1 Å². The van der Waals surface area contributed by atoms with Crippen LogP contribution in [-0.2, 0) is 4.79 Å². The molecule has 1 amide bonds. The van der Waals surface area contributed by atoms with Crippen molar-refractivity contribution in [3.05, 3.63) is 84.3 Å². The van der Waals surface area contributed by atoms with Crippen LogP contribution in [0, 0.1) is 11.2 Å². The number of ether oxygens (including phenoxy) is 1. The van der Waals surface area contributed by atoms with Crippen LogP contribution in [0.5, 0.6) is 11.5 Å². The predicted octanol–water partition coefficient (Wildman–Crippen LogP) is 5.15. The average molecular weight is 445 g/mol. The lowest BCUT2D eigenvalue weighted by molar-refractivity contribution is -0.127. The first kappa shape index (κ1) is 22.2. The Hall–Kier alpha value is -4.00. The largest absolute Gasteiger partial charge is 0.457 e. The van der Waals surface area contributed by atoms with Gasteiger partial charge < -0.3 is 20.8 Å². The number of benzene rings is 2. The number of rotatable bonds is 6. The van der Waals surface area contributed by atoms with E-state index in [1.54, 1.807) is 29.2 Å². The van der Waals surface area contributed by atoms with Crippen LogP contribution in [0.2, 0.25) is 0 Å². The van der Waals surface area contributed by atoms with Gasteiger partial charge in [0, 0.05) is 48.1 Å². The van der Waals surface area contributed by atoms with Crippen LogP contribution >= 0.6 is 0 Å². The standard InChI is InChI=1S/C26H25FN4O2/c1-2-24(32)31-12-10-17(11-13-31)23-14-19(16-28)25(29)26(30-23)18-6-8-21(9-7-18)33-22-5-3-4-20(27)15-22/h2-9,14-17,28H,1,10-13,29H2. The number of nitrogens with zero attached hydrogens (tertiary/aromatic N) is 2. The first-order valence-corrected chi connectivity index (χ1v) is 10.7. The zero-order valence-electron chi connectivity index (χ0n) is 18.1. The Morgan fingerprint density at radius 2 is 1.88 bits per heavy atom. The van der Waals surface area contributed by atoms with E-state index in [4.69, 9.17) is 20.9 Å². The molecule has 2 heterocycles. The van der Waals surface area contributed by atoms with Gasteiger partial charge >= 0.3 is 0 Å². The van der Waals surface area contributed by atoms with Gasteiger partial charge in [-0.2, -0.15) is 0 Å². The van der Waals surface area contributed by atoms with E-state index < -0.39 is 0 Å². The maximum absolute atomic E-state index is 13.4. The molecular formula is C26H25FN4O2. The molecule has 0 atom stereocenters. The summed E-state index contributed by atoms with van der Waals surface area (Å²) in [5, 5.41) is 7.80. The molecule has 168 valence electrons. The highest BCUT2D eigenvalue weighted by Gasteiger charge is 2.25. The molecule has 4 rings (SSSR count). The van der Waals surface area contributed by atoms with Crippen molar-refractivity contribution in [2.24, 2.45) is 0 Å². The minimum Gasteiger partial charge on any atom is -0.457 e. The molecule has 0 unspecified atom stereocenters. The van der Waals surface area contributed by atoms with Gasteiger partial charge in [0.15, 0.2) is 0 Å². The van der Waals surface area contributed by atoms with Crippen molar-refractivity contribution in [3.63, 3.8) is 0 Å². The molecule has 0 radical (unpaired) electrons. The molecule has 0 saturated carbocycles. The third-order valence-electron chi connectivity index (χ3n) is 5.82. The summed E-state index contributed by atoms with van der Waals surface area (Å²) in [7, 11) is 0. The monoisotopic (exact) mass is 444 g/mol. The molecule has 0 spiro atoms. The van der Waals surface area contributed by atoms with Gasteiger partial charge in [0.25, 0.3) is 0 Å². The second-order valence-electron chi connectivity index (χ2n) is 7.93. The lowest BCUT2D eigenvalue weighted by Crippen LogP contribution is -2.37. The van der Waals surface area contributed by atoms with Gasteiger partial charge in [0.05, 0.1) is 11.4 Å². The topological polar surface area (TPSA) is 92.3 Å². The number of amides is 1. The highest BCUT2D eigenvalue weighted by Crippen LogP contribution is 2.34. The maximum atomic E-state index is 13.4. The number of halogens is 1. The third kappa shape index (κ3) is 4.92. The molecule has 1 fully saturated rings. The second-order valence-corrected chi connectivity index (χ2v) is 7.93. The Labute approximate surface area is 192 Å². The molecule has 1 aromatic heterocycles. The molecular weight excluding hydrogens is 419 g/mol. The first-order chi connectivity index (χ1) is 16.0. The van der Waals surface area contributed by atoms with Crippen molar-refractivity contribution in [3.8, 4) is 22.8 Å². The Kier molecular flexibility index (Phi) is 6.49. The van der Waals surface area contributed by atoms with Crippen molar-refractivity contribution in [2.75, 3.05) is 18.8 Å². The summed E-state index contributed by atoms with van der Waals surface area (Å²) in [4.78, 5) is 18.5. The van der Waals surface area contributed by atoms with E-state index in [1.165, 1.54) is 24.4 Å². The molecule has 3 aromatic rings. The number of hydrogen-bond acceptors (Lipinski definition) is 5. The number of hydrogen-bond donors (Lipinski definition) is 2. The Morgan fingerprint density at radius 3 is 2.52 bits per heavy atom. The average Bonchev–Trinajstić information content (AvgIpc) is 2.84. The van der Waals surface area contributed by atoms with Gasteiger partial charge in [0.2, 0.25) is 5.91 Å². The molecule has 33 heavy (non-hydrogen) atoms. The summed E-state index contributed by atoms with van der Waals surface area (Å²) in [6, 6.07) is 15.1. The van der Waals surface area contributed by atoms with Gasteiger partial charge in [-0.05, 0) is 61.4 Å². The van der Waals surface area contributed by atoms with Crippen LogP contribution in [0.15, 0.2) is 67.3 Å². The summed E-state index contributed by atoms with van der Waals surface area (Å²) in [6.45, 7) is 4.84. The minimum absolute atomic E-state index is 0.0554. The van der Waals surface area contributed by atoms with Crippen LogP contribution in [0.25, 0.3) is 11.3 Å². The summed E-state index contributed by atoms with van der Waals surface area (Å²) in [6.07, 6.45) is 4.15. The number of nitrogen functional groups attached to an aromatic ring is 1. The number of aromatic nitrogens is 1. The van der Waals surface area contributed by atoms with E-state index in [2.05, 4.69) is 6.58 Å². The lowest BCUT2D eigenvalue weighted by atomic mass is 9.91.